The summed E-state index contributed by atoms with van der Waals surface area (Å²) in [4.78, 5) is 40.7. The molecule has 0 spiro atoms. The van der Waals surface area contributed by atoms with Crippen molar-refractivity contribution in [3.8, 4) is 5.75 Å². The van der Waals surface area contributed by atoms with E-state index in [4.69, 9.17) is 20.8 Å². The molecule has 3 aromatic carbocycles. The van der Waals surface area contributed by atoms with Crippen LogP contribution in [0, 0.1) is 0 Å². The van der Waals surface area contributed by atoms with E-state index >= 15 is 0 Å². The van der Waals surface area contributed by atoms with Gasteiger partial charge >= 0.3 is 6.09 Å². The topological polar surface area (TPSA) is 126 Å². The van der Waals surface area contributed by atoms with Gasteiger partial charge in [0.25, 0.3) is 11.8 Å². The Morgan fingerprint density at radius 1 is 1.02 bits per heavy atom. The molecule has 1 aliphatic rings. The molecular weight excluding hydrogens is 584 g/mol. The molecule has 11 heteroatoms. The zero-order valence-corrected chi connectivity index (χ0v) is 25.4. The summed E-state index contributed by atoms with van der Waals surface area (Å²) in [5, 5.41) is 18.4. The Morgan fingerprint density at radius 3 is 2.50 bits per heavy atom. The van der Waals surface area contributed by atoms with Gasteiger partial charge in [-0.1, -0.05) is 24.3 Å². The highest BCUT2D eigenvalue weighted by Crippen LogP contribution is 2.45. The Kier molecular flexibility index (Phi) is 7.25. The average molecular weight is 615 g/mol. The van der Waals surface area contributed by atoms with Crippen molar-refractivity contribution in [2.75, 3.05) is 28.0 Å². The Balaban J connectivity index is 1.21. The number of furan rings is 1. The first-order valence-corrected chi connectivity index (χ1v) is 14.6. The molecule has 0 bridgehead atoms. The van der Waals surface area contributed by atoms with Crippen LogP contribution < -0.4 is 15.5 Å². The summed E-state index contributed by atoms with van der Waals surface area (Å²) in [5.41, 5.74) is 2.61. The number of alkyl halides is 1. The Labute approximate surface area is 258 Å². The molecule has 226 valence electrons. The van der Waals surface area contributed by atoms with Crippen LogP contribution in [0.2, 0.25) is 0 Å². The molecule has 5 aromatic rings. The Morgan fingerprint density at radius 2 is 1.77 bits per heavy atom. The van der Waals surface area contributed by atoms with Crippen molar-refractivity contribution < 1.29 is 28.6 Å². The first-order chi connectivity index (χ1) is 20.9. The van der Waals surface area contributed by atoms with Gasteiger partial charge in [0.05, 0.1) is 11.4 Å². The second-order valence-corrected chi connectivity index (χ2v) is 12.1. The summed E-state index contributed by atoms with van der Waals surface area (Å²) in [7, 11) is 1.72. The molecule has 3 amide bonds. The number of ether oxygens (including phenoxy) is 1. The standard InChI is InChI=1S/C33H31ClN4O6/c1-33(2,3)44-32(42)36-20-9-10-27-18(11-20)12-28(43-27)30(40)35-21-13-25(37(4)17-21)31(41)38-16-19(15-34)29-23-8-6-5-7-22(23)26(39)14-24(29)38/h5-14,17,19,39H,15-16H2,1-4H3,(H,35,40)(H,36,42)/t19-/m1/s1. The number of hydrogen-bond donors (Lipinski definition) is 3. The van der Waals surface area contributed by atoms with Gasteiger partial charge in [-0.3, -0.25) is 14.9 Å². The van der Waals surface area contributed by atoms with Crippen molar-refractivity contribution in [3.63, 3.8) is 0 Å². The fourth-order valence-electron chi connectivity index (χ4n) is 5.58. The number of phenols is 1. The van der Waals surface area contributed by atoms with Crippen molar-refractivity contribution in [2.24, 2.45) is 7.05 Å². The summed E-state index contributed by atoms with van der Waals surface area (Å²) in [6.07, 6.45) is 1.05. The molecule has 3 heterocycles. The van der Waals surface area contributed by atoms with Crippen LogP contribution in [-0.2, 0) is 11.8 Å². The largest absolute Gasteiger partial charge is 0.507 e. The highest BCUT2D eigenvalue weighted by molar-refractivity contribution is 6.19. The summed E-state index contributed by atoms with van der Waals surface area (Å²) in [6, 6.07) is 17.3. The van der Waals surface area contributed by atoms with E-state index in [0.29, 0.717) is 51.5 Å². The number of aryl methyl sites for hydroxylation is 1. The molecular formula is C33H31ClN4O6. The van der Waals surface area contributed by atoms with Gasteiger partial charge in [-0.25, -0.2) is 4.79 Å². The highest BCUT2D eigenvalue weighted by Gasteiger charge is 2.35. The lowest BCUT2D eigenvalue weighted by molar-refractivity contribution is 0.0635. The number of carbonyl (C=O) groups excluding carboxylic acids is 3. The molecule has 1 atom stereocenters. The number of amides is 3. The van der Waals surface area contributed by atoms with Gasteiger partial charge in [-0.05, 0) is 62.1 Å². The van der Waals surface area contributed by atoms with Gasteiger partial charge in [0, 0.05) is 54.1 Å². The van der Waals surface area contributed by atoms with Gasteiger partial charge < -0.3 is 29.0 Å². The van der Waals surface area contributed by atoms with Crippen LogP contribution in [0.3, 0.4) is 0 Å². The maximum Gasteiger partial charge on any atom is 0.412 e. The zero-order chi connectivity index (χ0) is 31.3. The lowest BCUT2D eigenvalue weighted by Gasteiger charge is -2.19. The van der Waals surface area contributed by atoms with Gasteiger partial charge in [-0.15, -0.1) is 11.6 Å². The smallest absolute Gasteiger partial charge is 0.412 e. The molecule has 2 aromatic heterocycles. The number of aromatic hydroxyl groups is 1. The number of halogens is 1. The number of rotatable bonds is 5. The van der Waals surface area contributed by atoms with Crippen LogP contribution in [-0.4, -0.2) is 45.6 Å². The monoisotopic (exact) mass is 614 g/mol. The van der Waals surface area contributed by atoms with Crippen LogP contribution >= 0.6 is 11.6 Å². The van der Waals surface area contributed by atoms with Crippen molar-refractivity contribution in [1.82, 2.24) is 4.57 Å². The number of fused-ring (bicyclic) bond motifs is 4. The van der Waals surface area contributed by atoms with E-state index in [1.54, 1.807) is 79.9 Å². The van der Waals surface area contributed by atoms with Gasteiger partial charge in [-0.2, -0.15) is 0 Å². The number of phenolic OH excluding ortho intramolecular Hbond substituents is 1. The van der Waals surface area contributed by atoms with E-state index in [1.165, 1.54) is 0 Å². The van der Waals surface area contributed by atoms with E-state index in [0.717, 1.165) is 10.9 Å². The minimum Gasteiger partial charge on any atom is -0.507 e. The van der Waals surface area contributed by atoms with Crippen molar-refractivity contribution >= 4 is 68.3 Å². The second kappa shape index (κ2) is 10.9. The quantitative estimate of drug-likeness (QED) is 0.180. The van der Waals surface area contributed by atoms with Crippen LogP contribution in [0.1, 0.15) is 53.3 Å². The molecule has 0 fully saturated rings. The third kappa shape index (κ3) is 5.44. The number of aromatic nitrogens is 1. The molecule has 0 radical (unpaired) electrons. The van der Waals surface area contributed by atoms with E-state index in [2.05, 4.69) is 10.6 Å². The zero-order valence-electron chi connectivity index (χ0n) is 24.6. The Bertz CT molecular complexity index is 1950. The summed E-state index contributed by atoms with van der Waals surface area (Å²) >= 11 is 6.34. The third-order valence-corrected chi connectivity index (χ3v) is 7.82. The molecule has 0 saturated carbocycles. The second-order valence-electron chi connectivity index (χ2n) is 11.8. The predicted molar refractivity (Wildman–Crippen MR) is 170 cm³/mol. The molecule has 1 aliphatic heterocycles. The SMILES string of the molecule is Cn1cc(NC(=O)c2cc3cc(NC(=O)OC(C)(C)C)ccc3o2)cc1C(=O)N1C[C@@H](CCl)c2c1cc(O)c1ccccc21. The van der Waals surface area contributed by atoms with Crippen LogP contribution in [0.4, 0.5) is 21.9 Å². The van der Waals surface area contributed by atoms with Gasteiger partial charge in [0.15, 0.2) is 5.76 Å². The van der Waals surface area contributed by atoms with E-state index < -0.39 is 17.6 Å². The molecule has 44 heavy (non-hydrogen) atoms. The van der Waals surface area contributed by atoms with Crippen molar-refractivity contribution in [2.45, 2.75) is 32.3 Å². The molecule has 3 N–H and O–H groups in total. The fourth-order valence-corrected chi connectivity index (χ4v) is 5.83. The summed E-state index contributed by atoms with van der Waals surface area (Å²) in [6.45, 7) is 5.69. The van der Waals surface area contributed by atoms with Gasteiger partial charge in [0.1, 0.15) is 22.6 Å². The van der Waals surface area contributed by atoms with Crippen molar-refractivity contribution in [3.05, 3.63) is 83.9 Å². The first kappa shape index (κ1) is 29.1. The van der Waals surface area contributed by atoms with E-state index in [9.17, 15) is 19.5 Å². The number of carbonyl (C=O) groups is 3. The normalized spacial score (nSPS) is 14.6. The Hall–Kier alpha value is -4.96. The lowest BCUT2D eigenvalue weighted by Crippen LogP contribution is -2.31. The van der Waals surface area contributed by atoms with Crippen LogP contribution in [0.15, 0.2) is 71.3 Å². The minimum absolute atomic E-state index is 0.0620. The number of nitrogens with zero attached hydrogens (tertiary/aromatic N) is 2. The summed E-state index contributed by atoms with van der Waals surface area (Å²) in [5.74, 6) is -0.426. The first-order valence-electron chi connectivity index (χ1n) is 14.1. The van der Waals surface area contributed by atoms with Crippen LogP contribution in [0.5, 0.6) is 5.75 Å². The van der Waals surface area contributed by atoms with E-state index in [-0.39, 0.29) is 23.3 Å². The number of benzene rings is 3. The minimum atomic E-state index is -0.638. The van der Waals surface area contributed by atoms with Gasteiger partial charge in [0.2, 0.25) is 0 Å². The number of hydrogen-bond acceptors (Lipinski definition) is 6. The lowest BCUT2D eigenvalue weighted by atomic mass is 9.95. The molecule has 0 aliphatic carbocycles. The predicted octanol–water partition coefficient (Wildman–Crippen LogP) is 7.21. The number of nitrogens with one attached hydrogen (secondary N) is 2. The fraction of sp³-hybridized carbons (Fsp3) is 0.242. The maximum atomic E-state index is 13.8. The molecule has 6 rings (SSSR count). The third-order valence-electron chi connectivity index (χ3n) is 7.44. The molecule has 0 saturated heterocycles. The van der Waals surface area contributed by atoms with Crippen LogP contribution in [0.25, 0.3) is 21.7 Å². The molecule has 10 nitrogen and oxygen atoms in total. The highest BCUT2D eigenvalue weighted by atomic mass is 35.5. The van der Waals surface area contributed by atoms with Crippen molar-refractivity contribution in [1.29, 1.82) is 0 Å². The van der Waals surface area contributed by atoms with E-state index in [1.807, 2.05) is 24.3 Å². The maximum absolute atomic E-state index is 13.8. The molecule has 0 unspecified atom stereocenters. The number of anilines is 3. The summed E-state index contributed by atoms with van der Waals surface area (Å²) < 4.78 is 12.7. The average Bonchev–Trinajstić information content (AvgIpc) is 3.66.